The molecule has 6 heteroatoms. The number of nitrogens with zero attached hydrogens (tertiary/aromatic N) is 1. The van der Waals surface area contributed by atoms with Crippen LogP contribution in [-0.4, -0.2) is 23.2 Å². The van der Waals surface area contributed by atoms with Gasteiger partial charge in [0, 0.05) is 6.54 Å². The van der Waals surface area contributed by atoms with Gasteiger partial charge in [0.15, 0.2) is 11.5 Å². The number of aromatic nitrogens is 2. The number of rotatable bonds is 8. The molecule has 1 aromatic heterocycles. The number of H-pyrrole nitrogens is 1. The minimum Gasteiger partial charge on any atom is -0.493 e. The summed E-state index contributed by atoms with van der Waals surface area (Å²) in [5.41, 5.74) is 1.64. The Morgan fingerprint density at radius 1 is 1.15 bits per heavy atom. The van der Waals surface area contributed by atoms with E-state index < -0.39 is 0 Å². The molecule has 0 bridgehead atoms. The summed E-state index contributed by atoms with van der Waals surface area (Å²) in [6.45, 7) is 5.21. The average molecular weight is 367 g/mol. The molecule has 0 amide bonds. The molecular formula is C21H25N3O3. The number of methoxy groups -OCH3 is 1. The van der Waals surface area contributed by atoms with Crippen LogP contribution in [0.3, 0.4) is 0 Å². The maximum Gasteiger partial charge on any atom is 0.258 e. The van der Waals surface area contributed by atoms with Crippen molar-refractivity contribution >= 4 is 10.9 Å². The first-order chi connectivity index (χ1) is 13.1. The van der Waals surface area contributed by atoms with Crippen LogP contribution in [-0.2, 0) is 13.1 Å². The minimum atomic E-state index is -0.120. The van der Waals surface area contributed by atoms with Gasteiger partial charge in [0.05, 0.1) is 30.7 Å². The third kappa shape index (κ3) is 4.65. The van der Waals surface area contributed by atoms with E-state index in [1.807, 2.05) is 43.3 Å². The number of fused-ring (bicyclic) bond motifs is 1. The van der Waals surface area contributed by atoms with E-state index >= 15 is 0 Å². The number of benzene rings is 2. The fraction of sp³-hybridized carbons (Fsp3) is 0.333. The first kappa shape index (κ1) is 18.9. The average Bonchev–Trinajstić information content (AvgIpc) is 2.69. The number of para-hydroxylation sites is 1. The van der Waals surface area contributed by atoms with Crippen molar-refractivity contribution in [2.45, 2.75) is 39.5 Å². The summed E-state index contributed by atoms with van der Waals surface area (Å²) in [5, 5.41) is 3.90. The van der Waals surface area contributed by atoms with Crippen LogP contribution in [0.15, 0.2) is 47.3 Å². The summed E-state index contributed by atoms with van der Waals surface area (Å²) in [4.78, 5) is 19.4. The fourth-order valence-electron chi connectivity index (χ4n) is 2.76. The van der Waals surface area contributed by atoms with Crippen LogP contribution in [0.4, 0.5) is 0 Å². The van der Waals surface area contributed by atoms with Crippen LogP contribution < -0.4 is 20.3 Å². The van der Waals surface area contributed by atoms with Crippen molar-refractivity contribution < 1.29 is 9.47 Å². The predicted molar refractivity (Wildman–Crippen MR) is 106 cm³/mol. The van der Waals surface area contributed by atoms with Crippen LogP contribution >= 0.6 is 0 Å². The molecule has 0 saturated carbocycles. The van der Waals surface area contributed by atoms with Crippen molar-refractivity contribution in [2.75, 3.05) is 7.11 Å². The molecule has 2 aromatic carbocycles. The van der Waals surface area contributed by atoms with Crippen molar-refractivity contribution in [3.8, 4) is 11.5 Å². The highest BCUT2D eigenvalue weighted by Crippen LogP contribution is 2.29. The summed E-state index contributed by atoms with van der Waals surface area (Å²) in [7, 11) is 1.64. The predicted octanol–water partition coefficient (Wildman–Crippen LogP) is 3.40. The Bertz CT molecular complexity index is 968. The van der Waals surface area contributed by atoms with Crippen molar-refractivity contribution in [3.63, 3.8) is 0 Å². The lowest BCUT2D eigenvalue weighted by Crippen LogP contribution is -2.19. The summed E-state index contributed by atoms with van der Waals surface area (Å²) < 4.78 is 11.3. The van der Waals surface area contributed by atoms with Crippen molar-refractivity contribution in [1.29, 1.82) is 0 Å². The third-order valence-electron chi connectivity index (χ3n) is 4.41. The largest absolute Gasteiger partial charge is 0.493 e. The van der Waals surface area contributed by atoms with Gasteiger partial charge >= 0.3 is 0 Å². The van der Waals surface area contributed by atoms with E-state index in [1.54, 1.807) is 13.2 Å². The number of hydrogen-bond acceptors (Lipinski definition) is 5. The van der Waals surface area contributed by atoms with E-state index in [-0.39, 0.29) is 11.7 Å². The molecule has 27 heavy (non-hydrogen) atoms. The van der Waals surface area contributed by atoms with Gasteiger partial charge in [-0.05, 0) is 43.2 Å². The van der Waals surface area contributed by atoms with Gasteiger partial charge in [0.1, 0.15) is 5.82 Å². The second kappa shape index (κ2) is 8.68. The van der Waals surface area contributed by atoms with Gasteiger partial charge in [0.2, 0.25) is 0 Å². The first-order valence-corrected chi connectivity index (χ1v) is 9.13. The molecule has 3 aromatic rings. The lowest BCUT2D eigenvalue weighted by molar-refractivity contribution is 0.207. The lowest BCUT2D eigenvalue weighted by atomic mass is 10.2. The number of ether oxygens (including phenoxy) is 2. The molecule has 0 unspecified atom stereocenters. The van der Waals surface area contributed by atoms with Crippen LogP contribution in [0.25, 0.3) is 10.9 Å². The number of hydrogen-bond donors (Lipinski definition) is 2. The molecule has 0 aliphatic carbocycles. The highest BCUT2D eigenvalue weighted by molar-refractivity contribution is 5.77. The van der Waals surface area contributed by atoms with Crippen LogP contribution in [0, 0.1) is 0 Å². The maximum absolute atomic E-state index is 12.1. The topological polar surface area (TPSA) is 76.2 Å². The van der Waals surface area contributed by atoms with E-state index in [4.69, 9.17) is 9.47 Å². The van der Waals surface area contributed by atoms with E-state index in [0.717, 1.165) is 17.7 Å². The van der Waals surface area contributed by atoms with Gasteiger partial charge in [-0.1, -0.05) is 25.1 Å². The Hall–Kier alpha value is -2.86. The smallest absolute Gasteiger partial charge is 0.258 e. The zero-order valence-corrected chi connectivity index (χ0v) is 15.9. The van der Waals surface area contributed by atoms with Gasteiger partial charge < -0.3 is 19.8 Å². The van der Waals surface area contributed by atoms with Crippen LogP contribution in [0.1, 0.15) is 31.7 Å². The first-order valence-electron chi connectivity index (χ1n) is 9.13. The maximum atomic E-state index is 12.1. The van der Waals surface area contributed by atoms with Crippen molar-refractivity contribution in [2.24, 2.45) is 0 Å². The number of aromatic amines is 1. The molecule has 0 radical (unpaired) electrons. The molecule has 0 saturated heterocycles. The van der Waals surface area contributed by atoms with E-state index in [0.29, 0.717) is 35.6 Å². The highest BCUT2D eigenvalue weighted by atomic mass is 16.5. The van der Waals surface area contributed by atoms with Gasteiger partial charge in [0.25, 0.3) is 5.56 Å². The lowest BCUT2D eigenvalue weighted by Gasteiger charge is -2.16. The molecule has 2 N–H and O–H groups in total. The molecule has 6 nitrogen and oxygen atoms in total. The quantitative estimate of drug-likeness (QED) is 0.638. The van der Waals surface area contributed by atoms with Crippen LogP contribution in [0.2, 0.25) is 0 Å². The summed E-state index contributed by atoms with van der Waals surface area (Å²) in [5.74, 6) is 2.07. The standard InChI is InChI=1S/C21H25N3O3/c1-4-14(2)27-18-10-9-15(11-19(18)26-3)12-22-13-20-23-17-8-6-5-7-16(17)21(25)24-20/h5-11,14,22H,4,12-13H2,1-3H3,(H,23,24,25)/t14-/m1/s1. The summed E-state index contributed by atoms with van der Waals surface area (Å²) >= 11 is 0. The zero-order valence-electron chi connectivity index (χ0n) is 15.9. The van der Waals surface area contributed by atoms with Crippen LogP contribution in [0.5, 0.6) is 11.5 Å². The third-order valence-corrected chi connectivity index (χ3v) is 4.41. The normalized spacial score (nSPS) is 12.1. The molecule has 1 heterocycles. The molecule has 0 aliphatic rings. The Kier molecular flexibility index (Phi) is 6.08. The van der Waals surface area contributed by atoms with Gasteiger partial charge in [-0.25, -0.2) is 4.98 Å². The summed E-state index contributed by atoms with van der Waals surface area (Å²) in [6, 6.07) is 13.2. The highest BCUT2D eigenvalue weighted by Gasteiger charge is 2.09. The second-order valence-electron chi connectivity index (χ2n) is 6.46. The van der Waals surface area contributed by atoms with Gasteiger partial charge in [-0.2, -0.15) is 0 Å². The molecular weight excluding hydrogens is 342 g/mol. The Labute approximate surface area is 158 Å². The van der Waals surface area contributed by atoms with E-state index in [2.05, 4.69) is 22.2 Å². The molecule has 142 valence electrons. The van der Waals surface area contributed by atoms with Crippen molar-refractivity contribution in [3.05, 3.63) is 64.2 Å². The molecule has 3 rings (SSSR count). The van der Waals surface area contributed by atoms with Crippen molar-refractivity contribution in [1.82, 2.24) is 15.3 Å². The number of nitrogens with one attached hydrogen (secondary N) is 2. The Morgan fingerprint density at radius 3 is 2.74 bits per heavy atom. The molecule has 0 aliphatic heterocycles. The molecule has 0 fully saturated rings. The van der Waals surface area contributed by atoms with E-state index in [9.17, 15) is 4.79 Å². The van der Waals surface area contributed by atoms with E-state index in [1.165, 1.54) is 0 Å². The summed E-state index contributed by atoms with van der Waals surface area (Å²) in [6.07, 6.45) is 1.07. The van der Waals surface area contributed by atoms with Gasteiger partial charge in [-0.3, -0.25) is 4.79 Å². The fourth-order valence-corrected chi connectivity index (χ4v) is 2.76. The second-order valence-corrected chi connectivity index (χ2v) is 6.46. The molecule has 1 atom stereocenters. The van der Waals surface area contributed by atoms with Gasteiger partial charge in [-0.15, -0.1) is 0 Å². The zero-order chi connectivity index (χ0) is 19.2. The SMILES string of the molecule is CC[C@@H](C)Oc1ccc(CNCc2nc3ccccc3c(=O)[nH]2)cc1OC. The minimum absolute atomic E-state index is 0.120. The molecule has 0 spiro atoms. The monoisotopic (exact) mass is 367 g/mol. The Balaban J connectivity index is 1.66. The Morgan fingerprint density at radius 2 is 1.96 bits per heavy atom.